The van der Waals surface area contributed by atoms with Crippen LogP contribution in [0.25, 0.3) is 0 Å². The van der Waals surface area contributed by atoms with Crippen molar-refractivity contribution in [1.29, 1.82) is 0 Å². The molecule has 3 aromatic rings. The maximum absolute atomic E-state index is 5.76. The number of hydrogen-bond donors (Lipinski definition) is 1. The van der Waals surface area contributed by atoms with Gasteiger partial charge in [-0.3, -0.25) is 0 Å². The summed E-state index contributed by atoms with van der Waals surface area (Å²) in [5, 5.41) is 12.9. The fourth-order valence-electron chi connectivity index (χ4n) is 4.49. The van der Waals surface area contributed by atoms with Crippen LogP contribution < -0.4 is 14.4 Å². The van der Waals surface area contributed by atoms with E-state index in [0.717, 1.165) is 54.9 Å². The van der Waals surface area contributed by atoms with Gasteiger partial charge in [0.1, 0.15) is 11.5 Å². The number of nitrogens with zero attached hydrogens (tertiary/aromatic N) is 4. The number of likely N-dealkylation sites (tertiary alicyclic amines) is 1. The summed E-state index contributed by atoms with van der Waals surface area (Å²) in [4.78, 5) is 1.47. The molecule has 1 N–H and O–H groups in total. The molecule has 1 aromatic heterocycles. The molecular weight excluding hydrogens is 390 g/mol. The zero-order chi connectivity index (χ0) is 21.6. The van der Waals surface area contributed by atoms with E-state index in [9.17, 15) is 0 Å². The largest absolute Gasteiger partial charge is 0.497 e. The van der Waals surface area contributed by atoms with Crippen molar-refractivity contribution >= 4 is 0 Å². The molecule has 1 atom stereocenters. The van der Waals surface area contributed by atoms with Gasteiger partial charge in [0.05, 0.1) is 32.9 Å². The molecule has 0 radical (unpaired) electrons. The van der Waals surface area contributed by atoms with E-state index < -0.39 is 0 Å². The van der Waals surface area contributed by atoms with Crippen molar-refractivity contribution in [1.82, 2.24) is 20.2 Å². The summed E-state index contributed by atoms with van der Waals surface area (Å²) >= 11 is 0. The summed E-state index contributed by atoms with van der Waals surface area (Å²) < 4.78 is 13.3. The molecule has 0 bridgehead atoms. The number of aromatic nitrogens is 4. The van der Waals surface area contributed by atoms with Crippen LogP contribution in [-0.4, -0.2) is 47.5 Å². The van der Waals surface area contributed by atoms with Crippen LogP contribution in [0.15, 0.2) is 48.5 Å². The molecule has 0 aliphatic carbocycles. The minimum Gasteiger partial charge on any atom is -0.497 e. The van der Waals surface area contributed by atoms with Gasteiger partial charge in [-0.1, -0.05) is 37.3 Å². The van der Waals surface area contributed by atoms with Crippen LogP contribution in [0.5, 0.6) is 11.5 Å². The third-order valence-electron chi connectivity index (χ3n) is 6.35. The minimum atomic E-state index is -0.0108. The molecule has 2 heterocycles. The van der Waals surface area contributed by atoms with Gasteiger partial charge in [0.15, 0.2) is 6.04 Å². The molecule has 31 heavy (non-hydrogen) atoms. The lowest BCUT2D eigenvalue weighted by atomic mass is 9.95. The number of aryl methyl sites for hydroxylation is 2. The average molecular weight is 423 g/mol. The van der Waals surface area contributed by atoms with Crippen LogP contribution in [0.3, 0.4) is 0 Å². The normalized spacial score (nSPS) is 19.7. The summed E-state index contributed by atoms with van der Waals surface area (Å²) in [5.41, 5.74) is 2.35. The van der Waals surface area contributed by atoms with Crippen LogP contribution in [0.2, 0.25) is 0 Å². The second kappa shape index (κ2) is 9.92. The van der Waals surface area contributed by atoms with E-state index in [-0.39, 0.29) is 6.04 Å². The van der Waals surface area contributed by atoms with Gasteiger partial charge < -0.3 is 14.4 Å². The number of piperidine rings is 1. The molecule has 1 aliphatic rings. The molecule has 0 unspecified atom stereocenters. The second-order valence-electron chi connectivity index (χ2n) is 8.38. The number of benzene rings is 2. The minimum absolute atomic E-state index is 0.0108. The quantitative estimate of drug-likeness (QED) is 0.604. The van der Waals surface area contributed by atoms with Gasteiger partial charge in [-0.2, -0.15) is 0 Å². The molecule has 0 amide bonds. The molecule has 2 aromatic carbocycles. The standard InChI is InChI=1S/C24H31N5O2/c1-18-11-14-28(15-12-18)23(21-17-20(30-2)9-10-22(21)31-3)24-25-26-27-29(24)16-13-19-7-5-4-6-8-19/h4-10,17-18,23H,11-16H2,1-3H3/p+1/t23-/m1/s1. The highest BCUT2D eigenvalue weighted by Crippen LogP contribution is 2.31. The van der Waals surface area contributed by atoms with Gasteiger partial charge in [0, 0.05) is 6.54 Å². The van der Waals surface area contributed by atoms with Gasteiger partial charge >= 0.3 is 0 Å². The van der Waals surface area contributed by atoms with Gasteiger partial charge in [-0.05, 0) is 59.4 Å². The van der Waals surface area contributed by atoms with Crippen molar-refractivity contribution in [3.05, 3.63) is 65.5 Å². The van der Waals surface area contributed by atoms with E-state index in [1.54, 1.807) is 14.2 Å². The summed E-state index contributed by atoms with van der Waals surface area (Å²) in [5.74, 6) is 3.29. The monoisotopic (exact) mass is 422 g/mol. The van der Waals surface area contributed by atoms with Crippen LogP contribution in [0.4, 0.5) is 0 Å². The van der Waals surface area contributed by atoms with Crippen molar-refractivity contribution in [3.8, 4) is 11.5 Å². The Bertz CT molecular complexity index is 967. The number of ether oxygens (including phenoxy) is 2. The Labute approximate surface area is 184 Å². The number of hydrogen-bond acceptors (Lipinski definition) is 5. The van der Waals surface area contributed by atoms with Gasteiger partial charge in [-0.25, -0.2) is 4.68 Å². The van der Waals surface area contributed by atoms with Crippen LogP contribution >= 0.6 is 0 Å². The van der Waals surface area contributed by atoms with E-state index in [2.05, 4.69) is 52.8 Å². The van der Waals surface area contributed by atoms with E-state index in [0.29, 0.717) is 0 Å². The Hall–Kier alpha value is -2.93. The number of nitrogens with one attached hydrogen (secondary N) is 1. The van der Waals surface area contributed by atoms with Crippen molar-refractivity contribution < 1.29 is 14.4 Å². The summed E-state index contributed by atoms with van der Waals surface area (Å²) in [7, 11) is 3.41. The molecule has 1 fully saturated rings. The third kappa shape index (κ3) is 4.88. The SMILES string of the molecule is COc1ccc(OC)c([C@H](c2nnnn2CCc2ccccc2)[NH+]2CCC(C)CC2)c1. The zero-order valence-corrected chi connectivity index (χ0v) is 18.6. The summed E-state index contributed by atoms with van der Waals surface area (Å²) in [6.07, 6.45) is 3.28. The molecule has 7 nitrogen and oxygen atoms in total. The molecule has 1 saturated heterocycles. The molecule has 0 spiro atoms. The molecular formula is C24H32N5O2+. The maximum Gasteiger partial charge on any atom is 0.214 e. The topological polar surface area (TPSA) is 66.5 Å². The highest BCUT2D eigenvalue weighted by Gasteiger charge is 2.36. The maximum atomic E-state index is 5.76. The first kappa shape index (κ1) is 21.3. The van der Waals surface area contributed by atoms with Crippen molar-refractivity contribution in [2.24, 2.45) is 5.92 Å². The fraction of sp³-hybridized carbons (Fsp3) is 0.458. The van der Waals surface area contributed by atoms with Crippen LogP contribution in [-0.2, 0) is 13.0 Å². The first-order valence-corrected chi connectivity index (χ1v) is 11.1. The first-order chi connectivity index (χ1) is 15.2. The van der Waals surface area contributed by atoms with Crippen LogP contribution in [0.1, 0.15) is 42.8 Å². The van der Waals surface area contributed by atoms with Gasteiger partial charge in [0.25, 0.3) is 0 Å². The highest BCUT2D eigenvalue weighted by molar-refractivity contribution is 5.43. The van der Waals surface area contributed by atoms with E-state index in [1.807, 2.05) is 22.9 Å². The van der Waals surface area contributed by atoms with Crippen LogP contribution in [0, 0.1) is 5.92 Å². The lowest BCUT2D eigenvalue weighted by Gasteiger charge is -2.33. The summed E-state index contributed by atoms with van der Waals surface area (Å²) in [6, 6.07) is 16.4. The van der Waals surface area contributed by atoms with Crippen molar-refractivity contribution in [2.75, 3.05) is 27.3 Å². The zero-order valence-electron chi connectivity index (χ0n) is 18.6. The number of tetrazole rings is 1. The third-order valence-corrected chi connectivity index (χ3v) is 6.35. The lowest BCUT2D eigenvalue weighted by molar-refractivity contribution is -0.932. The summed E-state index contributed by atoms with van der Waals surface area (Å²) in [6.45, 7) is 5.23. The van der Waals surface area contributed by atoms with Gasteiger partial charge in [-0.15, -0.1) is 5.10 Å². The van der Waals surface area contributed by atoms with E-state index >= 15 is 0 Å². The van der Waals surface area contributed by atoms with Crippen molar-refractivity contribution in [3.63, 3.8) is 0 Å². The van der Waals surface area contributed by atoms with E-state index in [1.165, 1.54) is 23.3 Å². The number of rotatable bonds is 8. The van der Waals surface area contributed by atoms with Gasteiger partial charge in [0.2, 0.25) is 5.82 Å². The molecule has 1 aliphatic heterocycles. The Morgan fingerprint density at radius 2 is 1.84 bits per heavy atom. The Morgan fingerprint density at radius 1 is 1.06 bits per heavy atom. The molecule has 164 valence electrons. The Morgan fingerprint density at radius 3 is 2.55 bits per heavy atom. The Balaban J connectivity index is 1.70. The number of quaternary nitrogens is 1. The molecule has 0 saturated carbocycles. The van der Waals surface area contributed by atoms with Crippen molar-refractivity contribution in [2.45, 2.75) is 38.8 Å². The highest BCUT2D eigenvalue weighted by atomic mass is 16.5. The molecule has 4 rings (SSSR count). The average Bonchev–Trinajstić information content (AvgIpc) is 3.28. The lowest BCUT2D eigenvalue weighted by Crippen LogP contribution is -3.13. The predicted octanol–water partition coefficient (Wildman–Crippen LogP) is 2.34. The molecule has 7 heteroatoms. The van der Waals surface area contributed by atoms with E-state index in [4.69, 9.17) is 9.47 Å². The fourth-order valence-corrected chi connectivity index (χ4v) is 4.49. The second-order valence-corrected chi connectivity index (χ2v) is 8.38. The predicted molar refractivity (Wildman–Crippen MR) is 118 cm³/mol. The Kier molecular flexibility index (Phi) is 6.82. The smallest absolute Gasteiger partial charge is 0.214 e. The number of methoxy groups -OCH3 is 2. The first-order valence-electron chi connectivity index (χ1n) is 11.1.